The maximum absolute atomic E-state index is 13.2. The van der Waals surface area contributed by atoms with Crippen molar-refractivity contribution in [3.05, 3.63) is 89.0 Å². The van der Waals surface area contributed by atoms with E-state index in [1.54, 1.807) is 0 Å². The van der Waals surface area contributed by atoms with Crippen LogP contribution in [0.25, 0.3) is 0 Å². The number of benzene rings is 1. The maximum atomic E-state index is 13.2. The van der Waals surface area contributed by atoms with Gasteiger partial charge >= 0.3 is 0 Å². The molecule has 1 fully saturated rings. The molecule has 1 amide bonds. The first-order valence-electron chi connectivity index (χ1n) is 10.5. The van der Waals surface area contributed by atoms with Crippen LogP contribution in [0.1, 0.15) is 53.6 Å². The minimum Gasteiger partial charge on any atom is -0.341 e. The fourth-order valence-electron chi connectivity index (χ4n) is 4.55. The van der Waals surface area contributed by atoms with Crippen molar-refractivity contribution in [2.45, 2.75) is 50.1 Å². The highest BCUT2D eigenvalue weighted by Crippen LogP contribution is 2.48. The molecule has 5 heteroatoms. The topological polar surface area (TPSA) is 54.4 Å². The van der Waals surface area contributed by atoms with Crippen LogP contribution in [0.4, 0.5) is 4.39 Å². The van der Waals surface area contributed by atoms with Crippen molar-refractivity contribution in [3.8, 4) is 0 Å². The number of aliphatic imine (C=N–C) groups is 1. The molecule has 1 aliphatic heterocycles. The summed E-state index contributed by atoms with van der Waals surface area (Å²) in [5, 5.41) is 3.17. The molecule has 1 atom stereocenters. The molecule has 2 aromatic rings. The lowest BCUT2D eigenvalue weighted by Crippen LogP contribution is -2.45. The molecule has 5 rings (SSSR count). The van der Waals surface area contributed by atoms with E-state index in [1.807, 2.05) is 19.3 Å². The zero-order valence-corrected chi connectivity index (χ0v) is 17.0. The number of nitrogens with zero attached hydrogens (tertiary/aromatic N) is 2. The molecule has 2 heterocycles. The third-order valence-corrected chi connectivity index (χ3v) is 6.37. The second-order valence-electron chi connectivity index (χ2n) is 8.54. The molecule has 0 radical (unpaired) electrons. The summed E-state index contributed by atoms with van der Waals surface area (Å²) in [6, 6.07) is 7.82. The van der Waals surface area contributed by atoms with Crippen molar-refractivity contribution in [1.82, 2.24) is 10.3 Å². The maximum Gasteiger partial charge on any atom is 0.252 e. The number of fused-ring (bicyclic) bond motifs is 1. The summed E-state index contributed by atoms with van der Waals surface area (Å²) in [5.41, 5.74) is 3.93. The molecule has 1 saturated carbocycles. The van der Waals surface area contributed by atoms with E-state index in [4.69, 9.17) is 4.99 Å². The predicted octanol–water partition coefficient (Wildman–Crippen LogP) is 4.81. The van der Waals surface area contributed by atoms with Gasteiger partial charge in [0.25, 0.3) is 5.91 Å². The smallest absolute Gasteiger partial charge is 0.252 e. The quantitative estimate of drug-likeness (QED) is 0.799. The number of allylic oxidation sites excluding steroid dienone is 1. The van der Waals surface area contributed by atoms with E-state index in [2.05, 4.69) is 34.6 Å². The average molecular weight is 401 g/mol. The number of hydrogen-bond donors (Lipinski definition) is 1. The highest BCUT2D eigenvalue weighted by atomic mass is 19.1. The van der Waals surface area contributed by atoms with Crippen LogP contribution in [0, 0.1) is 12.7 Å². The standard InChI is InChI=1S/C25H24FN3O/c1-17-14-20(16-27-15-17)25-11-3-2-4-19(25)7-10-22(28-25)24(12-13-24)29-23(30)18-5-8-21(26)9-6-18/h4-10,14-16H,2-3,11-13H2,1H3,(H,29,30). The third kappa shape index (κ3) is 3.18. The van der Waals surface area contributed by atoms with Crippen LogP contribution in [0.5, 0.6) is 0 Å². The summed E-state index contributed by atoms with van der Waals surface area (Å²) in [5.74, 6) is -0.544. The van der Waals surface area contributed by atoms with Gasteiger partial charge in [-0.25, -0.2) is 4.39 Å². The average Bonchev–Trinajstić information content (AvgIpc) is 3.54. The molecular weight excluding hydrogens is 377 g/mol. The molecule has 1 aromatic carbocycles. The van der Waals surface area contributed by atoms with Crippen molar-refractivity contribution in [2.24, 2.45) is 4.99 Å². The number of hydrogen-bond acceptors (Lipinski definition) is 3. The first kappa shape index (κ1) is 18.9. The monoisotopic (exact) mass is 401 g/mol. The Labute approximate surface area is 175 Å². The van der Waals surface area contributed by atoms with Crippen LogP contribution in [-0.2, 0) is 5.54 Å². The highest BCUT2D eigenvalue weighted by Gasteiger charge is 2.51. The lowest BCUT2D eigenvalue weighted by atomic mass is 9.74. The van der Waals surface area contributed by atoms with Crippen LogP contribution < -0.4 is 5.32 Å². The molecule has 0 saturated heterocycles. The number of pyridine rings is 1. The fraction of sp³-hybridized carbons (Fsp3) is 0.320. The van der Waals surface area contributed by atoms with Gasteiger partial charge in [-0.2, -0.15) is 0 Å². The molecule has 1 N–H and O–H groups in total. The molecule has 3 aliphatic rings. The van der Waals surface area contributed by atoms with Crippen LogP contribution in [0.3, 0.4) is 0 Å². The van der Waals surface area contributed by atoms with Gasteiger partial charge in [0.2, 0.25) is 0 Å². The van der Waals surface area contributed by atoms with Gasteiger partial charge in [0.05, 0.1) is 11.3 Å². The Balaban J connectivity index is 1.50. The van der Waals surface area contributed by atoms with Crippen LogP contribution >= 0.6 is 0 Å². The third-order valence-electron chi connectivity index (χ3n) is 6.37. The lowest BCUT2D eigenvalue weighted by Gasteiger charge is -2.38. The molecule has 1 aromatic heterocycles. The number of carbonyl (C=O) groups is 1. The van der Waals surface area contributed by atoms with Crippen LogP contribution in [0.2, 0.25) is 0 Å². The molecule has 30 heavy (non-hydrogen) atoms. The molecule has 1 unspecified atom stereocenters. The number of aromatic nitrogens is 1. The molecule has 4 nitrogen and oxygen atoms in total. The van der Waals surface area contributed by atoms with Crippen LogP contribution in [0.15, 0.2) is 71.5 Å². The van der Waals surface area contributed by atoms with Gasteiger partial charge in [0.15, 0.2) is 0 Å². The van der Waals surface area contributed by atoms with E-state index < -0.39 is 11.1 Å². The van der Waals surface area contributed by atoms with E-state index in [0.29, 0.717) is 5.56 Å². The van der Waals surface area contributed by atoms with E-state index in [1.165, 1.54) is 29.8 Å². The van der Waals surface area contributed by atoms with Crippen LogP contribution in [-0.4, -0.2) is 22.1 Å². The number of nitrogens with one attached hydrogen (secondary N) is 1. The number of dihydropyridines is 1. The van der Waals surface area contributed by atoms with Crippen molar-refractivity contribution in [2.75, 3.05) is 0 Å². The summed E-state index contributed by atoms with van der Waals surface area (Å²) in [4.78, 5) is 22.5. The fourth-order valence-corrected chi connectivity index (χ4v) is 4.55. The molecule has 152 valence electrons. The Morgan fingerprint density at radius 3 is 2.63 bits per heavy atom. The number of carbonyl (C=O) groups excluding carboxylic acids is 1. The Kier molecular flexibility index (Phi) is 4.42. The van der Waals surface area contributed by atoms with E-state index in [9.17, 15) is 9.18 Å². The Bertz CT molecular complexity index is 1100. The SMILES string of the molecule is Cc1cncc(C23CCCC=C2C=CC(C2(NC(=O)c4ccc(F)cc4)CC2)=N3)c1. The first-order chi connectivity index (χ1) is 14.5. The Morgan fingerprint density at radius 2 is 1.90 bits per heavy atom. The van der Waals surface area contributed by atoms with Crippen molar-refractivity contribution in [1.29, 1.82) is 0 Å². The minimum absolute atomic E-state index is 0.195. The molecular formula is C25H24FN3O. The normalized spacial score (nSPS) is 23.8. The summed E-state index contributed by atoms with van der Waals surface area (Å²) in [7, 11) is 0. The van der Waals surface area contributed by atoms with Crippen molar-refractivity contribution >= 4 is 11.6 Å². The second-order valence-corrected chi connectivity index (χ2v) is 8.54. The lowest BCUT2D eigenvalue weighted by molar-refractivity contribution is 0.0943. The second kappa shape index (κ2) is 7.01. The summed E-state index contributed by atoms with van der Waals surface area (Å²) >= 11 is 0. The van der Waals surface area contributed by atoms with Gasteiger partial charge in [-0.15, -0.1) is 0 Å². The Morgan fingerprint density at radius 1 is 1.10 bits per heavy atom. The van der Waals surface area contributed by atoms with Gasteiger partial charge in [-0.3, -0.25) is 14.8 Å². The van der Waals surface area contributed by atoms with Gasteiger partial charge in [0, 0.05) is 23.5 Å². The zero-order chi connectivity index (χ0) is 20.8. The molecule has 2 aliphatic carbocycles. The zero-order valence-electron chi connectivity index (χ0n) is 17.0. The van der Waals surface area contributed by atoms with Gasteiger partial charge in [0.1, 0.15) is 11.4 Å². The van der Waals surface area contributed by atoms with Crippen molar-refractivity contribution < 1.29 is 9.18 Å². The largest absolute Gasteiger partial charge is 0.341 e. The molecule has 0 spiro atoms. The van der Waals surface area contributed by atoms with E-state index in [0.717, 1.165) is 48.9 Å². The summed E-state index contributed by atoms with van der Waals surface area (Å²) < 4.78 is 13.2. The number of aryl methyl sites for hydroxylation is 1. The summed E-state index contributed by atoms with van der Waals surface area (Å²) in [6.07, 6.45) is 15.0. The number of rotatable bonds is 4. The van der Waals surface area contributed by atoms with Gasteiger partial charge in [-0.1, -0.05) is 18.2 Å². The van der Waals surface area contributed by atoms with E-state index in [-0.39, 0.29) is 11.7 Å². The highest BCUT2D eigenvalue weighted by molar-refractivity contribution is 6.10. The number of amides is 1. The van der Waals surface area contributed by atoms with E-state index >= 15 is 0 Å². The first-order valence-corrected chi connectivity index (χ1v) is 10.5. The van der Waals surface area contributed by atoms with Gasteiger partial charge in [-0.05, 0) is 80.5 Å². The van der Waals surface area contributed by atoms with Crippen molar-refractivity contribution in [3.63, 3.8) is 0 Å². The Hall–Kier alpha value is -3.08. The predicted molar refractivity (Wildman–Crippen MR) is 115 cm³/mol. The number of halogens is 1. The van der Waals surface area contributed by atoms with Gasteiger partial charge < -0.3 is 5.32 Å². The summed E-state index contributed by atoms with van der Waals surface area (Å²) in [6.45, 7) is 2.05. The molecule has 0 bridgehead atoms. The minimum atomic E-state index is -0.449.